The zero-order valence-electron chi connectivity index (χ0n) is 11.3. The highest BCUT2D eigenvalue weighted by atomic mass is 16.6. The van der Waals surface area contributed by atoms with E-state index in [9.17, 15) is 4.79 Å². The Morgan fingerprint density at radius 2 is 2.11 bits per heavy atom. The quantitative estimate of drug-likeness (QED) is 0.848. The summed E-state index contributed by atoms with van der Waals surface area (Å²) in [7, 11) is 0. The van der Waals surface area contributed by atoms with Crippen LogP contribution in [0.1, 0.15) is 13.8 Å². The number of nitrogens with two attached hydrogens (primary N) is 1. The molecule has 0 unspecified atom stereocenters. The smallest absolute Gasteiger partial charge is 0.237 e. The zero-order valence-corrected chi connectivity index (χ0v) is 11.3. The minimum absolute atomic E-state index is 0.115. The van der Waals surface area contributed by atoms with Crippen molar-refractivity contribution in [1.82, 2.24) is 5.32 Å². The van der Waals surface area contributed by atoms with Crippen molar-refractivity contribution in [2.75, 3.05) is 13.2 Å². The van der Waals surface area contributed by atoms with Crippen LogP contribution in [0.15, 0.2) is 24.3 Å². The number of carbonyl (C=O) groups is 1. The SMILES string of the molecule is CC(C)[C@H](N)C(=O)NC[C@@H]1COc2ccccc2O1. The van der Waals surface area contributed by atoms with E-state index in [1.165, 1.54) is 0 Å². The Balaban J connectivity index is 1.84. The maximum atomic E-state index is 11.7. The van der Waals surface area contributed by atoms with Gasteiger partial charge in [0.15, 0.2) is 11.5 Å². The first-order valence-corrected chi connectivity index (χ1v) is 6.49. The second-order valence-electron chi connectivity index (χ2n) is 5.01. The van der Waals surface area contributed by atoms with Gasteiger partial charge in [-0.25, -0.2) is 0 Å². The number of amides is 1. The molecule has 1 aromatic carbocycles. The summed E-state index contributed by atoms with van der Waals surface area (Å²) >= 11 is 0. The highest BCUT2D eigenvalue weighted by Crippen LogP contribution is 2.30. The fourth-order valence-corrected chi connectivity index (χ4v) is 1.80. The molecule has 1 aromatic rings. The van der Waals surface area contributed by atoms with E-state index in [2.05, 4.69) is 5.32 Å². The van der Waals surface area contributed by atoms with Gasteiger partial charge in [-0.3, -0.25) is 4.79 Å². The van der Waals surface area contributed by atoms with Gasteiger partial charge in [0.2, 0.25) is 5.91 Å². The molecule has 2 atom stereocenters. The van der Waals surface area contributed by atoms with Crippen molar-refractivity contribution in [3.8, 4) is 11.5 Å². The van der Waals surface area contributed by atoms with Crippen LogP contribution in [-0.2, 0) is 4.79 Å². The molecule has 0 saturated heterocycles. The van der Waals surface area contributed by atoms with Gasteiger partial charge in [0, 0.05) is 0 Å². The average molecular weight is 264 g/mol. The summed E-state index contributed by atoms with van der Waals surface area (Å²) in [6.45, 7) is 4.66. The number of hydrogen-bond donors (Lipinski definition) is 2. The second kappa shape index (κ2) is 5.93. The number of hydrogen-bond acceptors (Lipinski definition) is 4. The Morgan fingerprint density at radius 3 is 2.79 bits per heavy atom. The van der Waals surface area contributed by atoms with Gasteiger partial charge in [-0.2, -0.15) is 0 Å². The molecular formula is C14H20N2O3. The Hall–Kier alpha value is -1.75. The molecule has 104 valence electrons. The van der Waals surface area contributed by atoms with Crippen LogP contribution in [-0.4, -0.2) is 31.2 Å². The molecule has 0 aliphatic carbocycles. The molecule has 19 heavy (non-hydrogen) atoms. The number of benzene rings is 1. The predicted molar refractivity (Wildman–Crippen MR) is 72.2 cm³/mol. The van der Waals surface area contributed by atoms with Crippen LogP contribution in [0.3, 0.4) is 0 Å². The van der Waals surface area contributed by atoms with Gasteiger partial charge in [-0.1, -0.05) is 26.0 Å². The van der Waals surface area contributed by atoms with E-state index >= 15 is 0 Å². The van der Waals surface area contributed by atoms with Crippen molar-refractivity contribution in [3.05, 3.63) is 24.3 Å². The van der Waals surface area contributed by atoms with Crippen LogP contribution in [0.5, 0.6) is 11.5 Å². The van der Waals surface area contributed by atoms with E-state index < -0.39 is 6.04 Å². The van der Waals surface area contributed by atoms with Crippen molar-refractivity contribution >= 4 is 5.91 Å². The van der Waals surface area contributed by atoms with E-state index in [1.54, 1.807) is 0 Å². The van der Waals surface area contributed by atoms with E-state index in [1.807, 2.05) is 38.1 Å². The topological polar surface area (TPSA) is 73.6 Å². The maximum absolute atomic E-state index is 11.7. The molecule has 1 heterocycles. The highest BCUT2D eigenvalue weighted by molar-refractivity contribution is 5.81. The third-order valence-corrected chi connectivity index (χ3v) is 3.09. The minimum atomic E-state index is -0.489. The molecule has 0 radical (unpaired) electrons. The lowest BCUT2D eigenvalue weighted by Gasteiger charge is -2.27. The molecule has 1 aliphatic heterocycles. The Kier molecular flexibility index (Phi) is 4.27. The summed E-state index contributed by atoms with van der Waals surface area (Å²) < 4.78 is 11.3. The molecule has 1 amide bonds. The summed E-state index contributed by atoms with van der Waals surface area (Å²) in [5, 5.41) is 2.80. The zero-order chi connectivity index (χ0) is 13.8. The standard InChI is InChI=1S/C14H20N2O3/c1-9(2)13(15)14(17)16-7-10-8-18-11-5-3-4-6-12(11)19-10/h3-6,9-10,13H,7-8,15H2,1-2H3,(H,16,17)/t10-,13+/m1/s1. The lowest BCUT2D eigenvalue weighted by molar-refractivity contribution is -0.123. The van der Waals surface area contributed by atoms with Crippen LogP contribution >= 0.6 is 0 Å². The number of ether oxygens (including phenoxy) is 2. The molecule has 0 aromatic heterocycles. The third kappa shape index (κ3) is 3.38. The fraction of sp³-hybridized carbons (Fsp3) is 0.500. The molecule has 0 bridgehead atoms. The largest absolute Gasteiger partial charge is 0.486 e. The molecule has 0 saturated carbocycles. The van der Waals surface area contributed by atoms with Crippen LogP contribution in [0.4, 0.5) is 0 Å². The second-order valence-corrected chi connectivity index (χ2v) is 5.01. The van der Waals surface area contributed by atoms with Gasteiger partial charge < -0.3 is 20.5 Å². The molecule has 2 rings (SSSR count). The molecule has 0 fully saturated rings. The number of para-hydroxylation sites is 2. The van der Waals surface area contributed by atoms with Crippen LogP contribution in [0, 0.1) is 5.92 Å². The first-order chi connectivity index (χ1) is 9.08. The van der Waals surface area contributed by atoms with Gasteiger partial charge >= 0.3 is 0 Å². The summed E-state index contributed by atoms with van der Waals surface area (Å²) in [5.41, 5.74) is 5.77. The van der Waals surface area contributed by atoms with E-state index in [0.29, 0.717) is 18.9 Å². The van der Waals surface area contributed by atoms with Crippen molar-refractivity contribution in [2.24, 2.45) is 11.7 Å². The fourth-order valence-electron chi connectivity index (χ4n) is 1.80. The van der Waals surface area contributed by atoms with Crippen LogP contribution < -0.4 is 20.5 Å². The third-order valence-electron chi connectivity index (χ3n) is 3.09. The highest BCUT2D eigenvalue weighted by Gasteiger charge is 2.23. The maximum Gasteiger partial charge on any atom is 0.237 e. The van der Waals surface area contributed by atoms with Crippen molar-refractivity contribution < 1.29 is 14.3 Å². The number of rotatable bonds is 4. The van der Waals surface area contributed by atoms with E-state index in [-0.39, 0.29) is 17.9 Å². The van der Waals surface area contributed by atoms with Gasteiger partial charge in [0.25, 0.3) is 0 Å². The Labute approximate surface area is 113 Å². The van der Waals surface area contributed by atoms with Crippen molar-refractivity contribution in [3.63, 3.8) is 0 Å². The number of carbonyl (C=O) groups excluding carboxylic acids is 1. The van der Waals surface area contributed by atoms with Gasteiger partial charge in [0.1, 0.15) is 12.7 Å². The average Bonchev–Trinajstić information content (AvgIpc) is 2.43. The van der Waals surface area contributed by atoms with E-state index in [4.69, 9.17) is 15.2 Å². The molecule has 1 aliphatic rings. The first-order valence-electron chi connectivity index (χ1n) is 6.49. The summed E-state index contributed by atoms with van der Waals surface area (Å²) in [4.78, 5) is 11.7. The molecule has 5 heteroatoms. The molecule has 3 N–H and O–H groups in total. The summed E-state index contributed by atoms with van der Waals surface area (Å²) in [6.07, 6.45) is -0.182. The van der Waals surface area contributed by atoms with Crippen LogP contribution in [0.2, 0.25) is 0 Å². The first kappa shape index (κ1) is 13.7. The van der Waals surface area contributed by atoms with Crippen molar-refractivity contribution in [2.45, 2.75) is 26.0 Å². The monoisotopic (exact) mass is 264 g/mol. The van der Waals surface area contributed by atoms with Gasteiger partial charge in [0.05, 0.1) is 12.6 Å². The minimum Gasteiger partial charge on any atom is -0.486 e. The molecule has 5 nitrogen and oxygen atoms in total. The van der Waals surface area contributed by atoms with Crippen molar-refractivity contribution in [1.29, 1.82) is 0 Å². The molecular weight excluding hydrogens is 244 g/mol. The lowest BCUT2D eigenvalue weighted by Crippen LogP contribution is -2.48. The number of nitrogens with one attached hydrogen (secondary N) is 1. The number of fused-ring (bicyclic) bond motifs is 1. The summed E-state index contributed by atoms with van der Waals surface area (Å²) in [5.74, 6) is 1.41. The van der Waals surface area contributed by atoms with E-state index in [0.717, 1.165) is 5.75 Å². The normalized spacial score (nSPS) is 19.1. The lowest BCUT2D eigenvalue weighted by atomic mass is 10.1. The van der Waals surface area contributed by atoms with Gasteiger partial charge in [-0.15, -0.1) is 0 Å². The summed E-state index contributed by atoms with van der Waals surface area (Å²) in [6, 6.07) is 7.00. The molecule has 0 spiro atoms. The van der Waals surface area contributed by atoms with Gasteiger partial charge in [-0.05, 0) is 18.1 Å². The van der Waals surface area contributed by atoms with Crippen LogP contribution in [0.25, 0.3) is 0 Å². The predicted octanol–water partition coefficient (Wildman–Crippen LogP) is 0.926. The Bertz CT molecular complexity index is 448. The Morgan fingerprint density at radius 1 is 1.42 bits per heavy atom.